The van der Waals surface area contributed by atoms with Crippen molar-refractivity contribution >= 4 is 28.4 Å². The van der Waals surface area contributed by atoms with Crippen molar-refractivity contribution in [2.45, 2.75) is 31.0 Å². The molecule has 0 bridgehead atoms. The van der Waals surface area contributed by atoms with E-state index in [0.29, 0.717) is 11.3 Å². The lowest BCUT2D eigenvalue weighted by molar-refractivity contribution is -0.144. The molecule has 0 aromatic heterocycles. The summed E-state index contributed by atoms with van der Waals surface area (Å²) in [5.74, 6) is -3.64. The molecule has 0 aliphatic carbocycles. The standard InChI is InChI=1S/C16H22F2N2O5S.ClH/c1-24-12-6-4-11(5-7-12)10-20(26(3,22)23)14-9-19-13(16(14,17)18)8-15(21)25-2;/h4-7,13-14,19H,8-10H2,1-3H3;1H/t13-,14-;/m1./s1. The molecule has 1 heterocycles. The van der Waals surface area contributed by atoms with E-state index in [1.165, 1.54) is 7.11 Å². The molecule has 1 aromatic rings. The first-order valence-electron chi connectivity index (χ1n) is 7.87. The van der Waals surface area contributed by atoms with Crippen molar-refractivity contribution in [1.29, 1.82) is 0 Å². The fourth-order valence-corrected chi connectivity index (χ4v) is 3.94. The second-order valence-corrected chi connectivity index (χ2v) is 8.02. The molecule has 0 radical (unpaired) electrons. The minimum Gasteiger partial charge on any atom is -0.497 e. The van der Waals surface area contributed by atoms with E-state index < -0.39 is 40.4 Å². The molecule has 11 heteroatoms. The number of rotatable bonds is 7. The zero-order valence-corrected chi connectivity index (χ0v) is 16.8. The molecule has 1 aromatic carbocycles. The Labute approximate surface area is 163 Å². The van der Waals surface area contributed by atoms with Crippen LogP contribution in [0.25, 0.3) is 0 Å². The highest BCUT2D eigenvalue weighted by molar-refractivity contribution is 7.88. The zero-order valence-electron chi connectivity index (χ0n) is 15.1. The number of methoxy groups -OCH3 is 2. The average Bonchev–Trinajstić information content (AvgIpc) is 2.86. The lowest BCUT2D eigenvalue weighted by atomic mass is 10.0. The molecule has 2 atom stereocenters. The number of hydrogen-bond acceptors (Lipinski definition) is 6. The number of carbonyl (C=O) groups excluding carboxylic acids is 1. The van der Waals surface area contributed by atoms with Crippen molar-refractivity contribution in [2.24, 2.45) is 0 Å². The van der Waals surface area contributed by atoms with E-state index in [0.717, 1.165) is 17.7 Å². The van der Waals surface area contributed by atoms with Gasteiger partial charge in [-0.1, -0.05) is 12.1 Å². The van der Waals surface area contributed by atoms with Crippen LogP contribution in [0.15, 0.2) is 24.3 Å². The minimum atomic E-state index is -3.92. The molecule has 2 rings (SSSR count). The van der Waals surface area contributed by atoms with Crippen LogP contribution in [0, 0.1) is 0 Å². The van der Waals surface area contributed by atoms with Crippen LogP contribution in [0.5, 0.6) is 5.75 Å². The van der Waals surface area contributed by atoms with Gasteiger partial charge in [0.15, 0.2) is 0 Å². The van der Waals surface area contributed by atoms with Gasteiger partial charge in [0.1, 0.15) is 11.8 Å². The third-order valence-electron chi connectivity index (χ3n) is 4.34. The second kappa shape index (κ2) is 9.13. The second-order valence-electron chi connectivity index (χ2n) is 6.09. The Bertz CT molecular complexity index is 746. The highest BCUT2D eigenvalue weighted by Gasteiger charge is 2.56. The summed E-state index contributed by atoms with van der Waals surface area (Å²) >= 11 is 0. The summed E-state index contributed by atoms with van der Waals surface area (Å²) in [6.45, 7) is -0.479. The molecule has 1 aliphatic rings. The van der Waals surface area contributed by atoms with E-state index in [1.807, 2.05) is 0 Å². The first kappa shape index (κ1) is 23.5. The summed E-state index contributed by atoms with van der Waals surface area (Å²) in [7, 11) is -1.32. The van der Waals surface area contributed by atoms with Crippen LogP contribution in [0.1, 0.15) is 12.0 Å². The van der Waals surface area contributed by atoms with Crippen molar-refractivity contribution < 1.29 is 31.5 Å². The number of alkyl halides is 2. The van der Waals surface area contributed by atoms with E-state index in [-0.39, 0.29) is 25.5 Å². The van der Waals surface area contributed by atoms with Gasteiger partial charge in [0.05, 0.1) is 32.9 Å². The van der Waals surface area contributed by atoms with Crippen molar-refractivity contribution in [1.82, 2.24) is 9.62 Å². The predicted molar refractivity (Wildman–Crippen MR) is 97.8 cm³/mol. The van der Waals surface area contributed by atoms with Crippen LogP contribution in [0.3, 0.4) is 0 Å². The molecule has 0 spiro atoms. The third-order valence-corrected chi connectivity index (χ3v) is 5.57. The number of nitrogens with zero attached hydrogens (tertiary/aromatic N) is 1. The van der Waals surface area contributed by atoms with Crippen molar-refractivity contribution in [3.63, 3.8) is 0 Å². The van der Waals surface area contributed by atoms with Gasteiger partial charge in [-0.05, 0) is 17.7 Å². The van der Waals surface area contributed by atoms with Crippen molar-refractivity contribution in [3.8, 4) is 5.75 Å². The Kier molecular flexibility index (Phi) is 7.97. The van der Waals surface area contributed by atoms with Crippen LogP contribution in [-0.4, -0.2) is 63.7 Å². The maximum absolute atomic E-state index is 14.8. The number of nitrogens with one attached hydrogen (secondary N) is 1. The zero-order chi connectivity index (χ0) is 19.5. The quantitative estimate of drug-likeness (QED) is 0.661. The number of esters is 1. The summed E-state index contributed by atoms with van der Waals surface area (Å²) in [4.78, 5) is 11.3. The predicted octanol–water partition coefficient (Wildman–Crippen LogP) is 1.42. The van der Waals surface area contributed by atoms with Gasteiger partial charge < -0.3 is 14.8 Å². The Morgan fingerprint density at radius 3 is 2.37 bits per heavy atom. The van der Waals surface area contributed by atoms with Gasteiger partial charge in [-0.15, -0.1) is 12.4 Å². The van der Waals surface area contributed by atoms with Crippen LogP contribution < -0.4 is 10.1 Å². The largest absolute Gasteiger partial charge is 0.497 e. The van der Waals surface area contributed by atoms with E-state index >= 15 is 0 Å². The normalized spacial score (nSPS) is 21.6. The minimum absolute atomic E-state index is 0. The van der Waals surface area contributed by atoms with Gasteiger partial charge in [-0.25, -0.2) is 17.2 Å². The van der Waals surface area contributed by atoms with Crippen molar-refractivity contribution in [3.05, 3.63) is 29.8 Å². The van der Waals surface area contributed by atoms with Gasteiger partial charge in [0.25, 0.3) is 5.92 Å². The molecule has 0 unspecified atom stereocenters. The Hall–Kier alpha value is -1.49. The van der Waals surface area contributed by atoms with Crippen LogP contribution in [0.2, 0.25) is 0 Å². The molecule has 154 valence electrons. The van der Waals surface area contributed by atoms with Crippen LogP contribution >= 0.6 is 12.4 Å². The summed E-state index contributed by atoms with van der Waals surface area (Å²) in [5.41, 5.74) is 0.545. The fourth-order valence-electron chi connectivity index (χ4n) is 2.88. The topological polar surface area (TPSA) is 84.9 Å². The smallest absolute Gasteiger partial charge is 0.307 e. The van der Waals surface area contributed by atoms with E-state index in [1.54, 1.807) is 24.3 Å². The summed E-state index contributed by atoms with van der Waals surface area (Å²) in [6, 6.07) is 3.39. The monoisotopic (exact) mass is 428 g/mol. The lowest BCUT2D eigenvalue weighted by Gasteiger charge is -2.31. The third kappa shape index (κ3) is 5.50. The van der Waals surface area contributed by atoms with E-state index in [2.05, 4.69) is 10.1 Å². The molecule has 1 saturated heterocycles. The summed E-state index contributed by atoms with van der Waals surface area (Å²) in [6.07, 6.45) is 0.348. The number of carbonyl (C=O) groups is 1. The van der Waals surface area contributed by atoms with E-state index in [4.69, 9.17) is 4.74 Å². The lowest BCUT2D eigenvalue weighted by Crippen LogP contribution is -2.51. The molecular formula is C16H23ClF2N2O5S. The Balaban J connectivity index is 0.00000364. The van der Waals surface area contributed by atoms with Gasteiger partial charge >= 0.3 is 5.97 Å². The summed E-state index contributed by atoms with van der Waals surface area (Å²) < 4.78 is 64.1. The molecular weight excluding hydrogens is 406 g/mol. The first-order chi connectivity index (χ1) is 12.1. The maximum Gasteiger partial charge on any atom is 0.307 e. The molecule has 0 saturated carbocycles. The highest BCUT2D eigenvalue weighted by Crippen LogP contribution is 2.35. The Morgan fingerprint density at radius 2 is 1.89 bits per heavy atom. The van der Waals surface area contributed by atoms with Gasteiger partial charge in [0.2, 0.25) is 10.0 Å². The number of ether oxygens (including phenoxy) is 2. The number of benzene rings is 1. The van der Waals surface area contributed by atoms with Crippen LogP contribution in [0.4, 0.5) is 8.78 Å². The summed E-state index contributed by atoms with van der Waals surface area (Å²) in [5, 5.41) is 2.54. The molecule has 1 N–H and O–H groups in total. The average molecular weight is 429 g/mol. The first-order valence-corrected chi connectivity index (χ1v) is 9.72. The number of sulfonamides is 1. The fraction of sp³-hybridized carbons (Fsp3) is 0.562. The molecule has 1 fully saturated rings. The van der Waals surface area contributed by atoms with E-state index in [9.17, 15) is 22.0 Å². The highest BCUT2D eigenvalue weighted by atomic mass is 35.5. The van der Waals surface area contributed by atoms with Gasteiger partial charge in [-0.3, -0.25) is 4.79 Å². The molecule has 27 heavy (non-hydrogen) atoms. The molecule has 0 amide bonds. The van der Waals surface area contributed by atoms with Gasteiger partial charge in [-0.2, -0.15) is 4.31 Å². The molecule has 7 nitrogen and oxygen atoms in total. The maximum atomic E-state index is 14.8. The van der Waals surface area contributed by atoms with Crippen molar-refractivity contribution in [2.75, 3.05) is 27.0 Å². The van der Waals surface area contributed by atoms with Crippen LogP contribution in [-0.2, 0) is 26.1 Å². The number of hydrogen-bond donors (Lipinski definition) is 1. The Morgan fingerprint density at radius 1 is 1.30 bits per heavy atom. The SMILES string of the molecule is COC(=O)C[C@H]1NC[C@@H](N(Cc2ccc(OC)cc2)S(C)(=O)=O)C1(F)F.Cl. The molecule has 1 aliphatic heterocycles. The van der Waals surface area contributed by atoms with Gasteiger partial charge in [0, 0.05) is 13.1 Å². The number of halogens is 3.